The molecular formula is C15H22N2O3. The summed E-state index contributed by atoms with van der Waals surface area (Å²) in [5, 5.41) is 5.87. The number of methoxy groups -OCH3 is 1. The molecule has 20 heavy (non-hydrogen) atoms. The fourth-order valence-electron chi connectivity index (χ4n) is 1.58. The first-order valence-electron chi connectivity index (χ1n) is 6.60. The molecule has 0 aliphatic rings. The summed E-state index contributed by atoms with van der Waals surface area (Å²) in [6, 6.07) is 7.33. The Balaban J connectivity index is 2.39. The van der Waals surface area contributed by atoms with Crippen molar-refractivity contribution in [2.45, 2.75) is 6.42 Å². The molecule has 0 atom stereocenters. The zero-order valence-electron chi connectivity index (χ0n) is 11.9. The molecule has 5 heteroatoms. The Hall–Kier alpha value is -1.85. The van der Waals surface area contributed by atoms with Gasteiger partial charge in [0.2, 0.25) is 5.91 Å². The third-order valence-electron chi connectivity index (χ3n) is 2.51. The van der Waals surface area contributed by atoms with Crippen LogP contribution in [0.5, 0.6) is 5.75 Å². The fourth-order valence-corrected chi connectivity index (χ4v) is 1.58. The topological polar surface area (TPSA) is 59.6 Å². The summed E-state index contributed by atoms with van der Waals surface area (Å²) in [6.07, 6.45) is 2.54. The lowest BCUT2D eigenvalue weighted by molar-refractivity contribution is -0.115. The molecule has 0 aliphatic carbocycles. The Morgan fingerprint density at radius 3 is 2.95 bits per heavy atom. The molecular weight excluding hydrogens is 256 g/mol. The molecule has 110 valence electrons. The molecule has 1 aromatic carbocycles. The van der Waals surface area contributed by atoms with Gasteiger partial charge in [-0.25, -0.2) is 0 Å². The van der Waals surface area contributed by atoms with Crippen molar-refractivity contribution in [3.05, 3.63) is 36.9 Å². The van der Waals surface area contributed by atoms with E-state index in [0.717, 1.165) is 13.0 Å². The second kappa shape index (κ2) is 10.00. The molecule has 0 unspecified atom stereocenters. The lowest BCUT2D eigenvalue weighted by Gasteiger charge is -2.11. The van der Waals surface area contributed by atoms with Gasteiger partial charge in [0.25, 0.3) is 0 Å². The van der Waals surface area contributed by atoms with E-state index in [2.05, 4.69) is 17.2 Å². The van der Waals surface area contributed by atoms with Crippen molar-refractivity contribution in [3.63, 3.8) is 0 Å². The minimum absolute atomic E-state index is 0.0999. The predicted molar refractivity (Wildman–Crippen MR) is 80.1 cm³/mol. The van der Waals surface area contributed by atoms with Gasteiger partial charge in [0.05, 0.1) is 12.2 Å². The van der Waals surface area contributed by atoms with Crippen molar-refractivity contribution in [2.75, 3.05) is 38.7 Å². The van der Waals surface area contributed by atoms with Crippen LogP contribution >= 0.6 is 0 Å². The van der Waals surface area contributed by atoms with Gasteiger partial charge in [-0.1, -0.05) is 24.8 Å². The molecule has 0 heterocycles. The number of hydrogen-bond acceptors (Lipinski definition) is 4. The standard InChI is InChI=1S/C15H22N2O3/c1-3-10-20-14-8-5-4-7-13(14)17-15(18)12-16-9-6-11-19-2/h3-5,7-8,16H,1,6,9-12H2,2H3,(H,17,18). The van der Waals surface area contributed by atoms with Crippen LogP contribution in [0, 0.1) is 0 Å². The molecule has 1 aromatic rings. The van der Waals surface area contributed by atoms with E-state index in [4.69, 9.17) is 9.47 Å². The molecule has 0 bridgehead atoms. The van der Waals surface area contributed by atoms with Crippen molar-refractivity contribution in [2.24, 2.45) is 0 Å². The Labute approximate surface area is 120 Å². The molecule has 2 N–H and O–H groups in total. The molecule has 0 aliphatic heterocycles. The van der Waals surface area contributed by atoms with E-state index < -0.39 is 0 Å². The molecule has 1 rings (SSSR count). The van der Waals surface area contributed by atoms with Gasteiger partial charge in [0, 0.05) is 13.7 Å². The first-order valence-corrected chi connectivity index (χ1v) is 6.60. The highest BCUT2D eigenvalue weighted by molar-refractivity contribution is 5.93. The molecule has 0 fully saturated rings. The second-order valence-corrected chi connectivity index (χ2v) is 4.17. The van der Waals surface area contributed by atoms with Crippen LogP contribution < -0.4 is 15.4 Å². The van der Waals surface area contributed by atoms with Crippen molar-refractivity contribution in [3.8, 4) is 5.75 Å². The van der Waals surface area contributed by atoms with Gasteiger partial charge in [0.15, 0.2) is 0 Å². The monoisotopic (exact) mass is 278 g/mol. The average molecular weight is 278 g/mol. The van der Waals surface area contributed by atoms with E-state index in [1.807, 2.05) is 18.2 Å². The maximum Gasteiger partial charge on any atom is 0.238 e. The summed E-state index contributed by atoms with van der Waals surface area (Å²) in [5.74, 6) is 0.539. The third-order valence-corrected chi connectivity index (χ3v) is 2.51. The van der Waals surface area contributed by atoms with Crippen molar-refractivity contribution < 1.29 is 14.3 Å². The number of rotatable bonds is 10. The third kappa shape index (κ3) is 6.36. The van der Waals surface area contributed by atoms with Gasteiger partial charge in [-0.3, -0.25) is 4.79 Å². The molecule has 0 radical (unpaired) electrons. The highest BCUT2D eigenvalue weighted by Gasteiger charge is 2.06. The van der Waals surface area contributed by atoms with Crippen LogP contribution in [0.3, 0.4) is 0 Å². The maximum atomic E-state index is 11.8. The van der Waals surface area contributed by atoms with Gasteiger partial charge >= 0.3 is 0 Å². The lowest BCUT2D eigenvalue weighted by atomic mass is 10.3. The fraction of sp³-hybridized carbons (Fsp3) is 0.400. The summed E-state index contributed by atoms with van der Waals surface area (Å²) < 4.78 is 10.4. The summed E-state index contributed by atoms with van der Waals surface area (Å²) in [6.45, 7) is 5.70. The van der Waals surface area contributed by atoms with E-state index >= 15 is 0 Å². The molecule has 0 saturated carbocycles. The number of benzene rings is 1. The summed E-state index contributed by atoms with van der Waals surface area (Å²) in [5.41, 5.74) is 0.665. The van der Waals surface area contributed by atoms with Crippen molar-refractivity contribution in [1.29, 1.82) is 0 Å². The van der Waals surface area contributed by atoms with E-state index in [-0.39, 0.29) is 12.5 Å². The second-order valence-electron chi connectivity index (χ2n) is 4.17. The first kappa shape index (κ1) is 16.2. The normalized spacial score (nSPS) is 10.1. The molecule has 0 spiro atoms. The van der Waals surface area contributed by atoms with Gasteiger partial charge in [-0.2, -0.15) is 0 Å². The van der Waals surface area contributed by atoms with Gasteiger partial charge in [-0.15, -0.1) is 0 Å². The summed E-state index contributed by atoms with van der Waals surface area (Å²) >= 11 is 0. The van der Waals surface area contributed by atoms with Crippen molar-refractivity contribution >= 4 is 11.6 Å². The zero-order chi connectivity index (χ0) is 14.6. The lowest BCUT2D eigenvalue weighted by Crippen LogP contribution is -2.29. The van der Waals surface area contributed by atoms with Crippen LogP contribution in [0.2, 0.25) is 0 Å². The molecule has 5 nitrogen and oxygen atoms in total. The van der Waals surface area contributed by atoms with Gasteiger partial charge < -0.3 is 20.1 Å². The Kier molecular flexibility index (Phi) is 8.10. The van der Waals surface area contributed by atoms with E-state index in [1.54, 1.807) is 19.3 Å². The van der Waals surface area contributed by atoms with Crippen LogP contribution in [0.25, 0.3) is 0 Å². The van der Waals surface area contributed by atoms with Crippen LogP contribution in [0.1, 0.15) is 6.42 Å². The van der Waals surface area contributed by atoms with Gasteiger partial charge in [0.1, 0.15) is 12.4 Å². The smallest absolute Gasteiger partial charge is 0.238 e. The zero-order valence-corrected chi connectivity index (χ0v) is 11.9. The highest BCUT2D eigenvalue weighted by atomic mass is 16.5. The number of para-hydroxylation sites is 2. The Morgan fingerprint density at radius 1 is 1.40 bits per heavy atom. The number of hydrogen-bond donors (Lipinski definition) is 2. The number of carbonyl (C=O) groups excluding carboxylic acids is 1. The number of ether oxygens (including phenoxy) is 2. The first-order chi connectivity index (χ1) is 9.77. The Bertz CT molecular complexity index is 421. The maximum absolute atomic E-state index is 11.8. The number of anilines is 1. The Morgan fingerprint density at radius 2 is 2.20 bits per heavy atom. The van der Waals surface area contributed by atoms with Crippen molar-refractivity contribution in [1.82, 2.24) is 5.32 Å². The van der Waals surface area contributed by atoms with Crippen LogP contribution in [-0.2, 0) is 9.53 Å². The molecule has 0 aromatic heterocycles. The van der Waals surface area contributed by atoms with Crippen LogP contribution in [0.15, 0.2) is 36.9 Å². The molecule has 1 amide bonds. The summed E-state index contributed by atoms with van der Waals surface area (Å²) in [4.78, 5) is 11.8. The van der Waals surface area contributed by atoms with E-state index in [9.17, 15) is 4.79 Å². The number of nitrogens with one attached hydrogen (secondary N) is 2. The predicted octanol–water partition coefficient (Wildman–Crippen LogP) is 1.82. The molecule has 0 saturated heterocycles. The van der Waals surface area contributed by atoms with Crippen LogP contribution in [-0.4, -0.2) is 39.3 Å². The largest absolute Gasteiger partial charge is 0.487 e. The van der Waals surface area contributed by atoms with E-state index in [0.29, 0.717) is 24.7 Å². The minimum Gasteiger partial charge on any atom is -0.487 e. The SMILES string of the molecule is C=CCOc1ccccc1NC(=O)CNCCCOC. The average Bonchev–Trinajstić information content (AvgIpc) is 2.46. The highest BCUT2D eigenvalue weighted by Crippen LogP contribution is 2.23. The van der Waals surface area contributed by atoms with Crippen LogP contribution in [0.4, 0.5) is 5.69 Å². The van der Waals surface area contributed by atoms with E-state index in [1.165, 1.54) is 0 Å². The number of carbonyl (C=O) groups is 1. The number of amides is 1. The van der Waals surface area contributed by atoms with Gasteiger partial charge in [-0.05, 0) is 25.1 Å². The summed E-state index contributed by atoms with van der Waals surface area (Å²) in [7, 11) is 1.66. The minimum atomic E-state index is -0.0999. The quantitative estimate of drug-likeness (QED) is 0.506.